The first-order valence-electron chi connectivity index (χ1n) is 13.8. The van der Waals surface area contributed by atoms with Crippen LogP contribution in [0.15, 0.2) is 48.7 Å². The van der Waals surface area contributed by atoms with Crippen LogP contribution in [0.25, 0.3) is 11.1 Å². The molecular weight excluding hydrogens is 495 g/mol. The molecule has 1 aliphatic rings. The number of halogens is 1. The van der Waals surface area contributed by atoms with E-state index in [0.717, 1.165) is 59.3 Å². The number of hydrogen-bond acceptors (Lipinski definition) is 5. The van der Waals surface area contributed by atoms with Gasteiger partial charge in [0.15, 0.2) is 0 Å². The SMILES string of the molecule is COc1cc(-c2ccc(C(O)CCc3ccc(CC(C)C(=O)O)cc3C)c(CN3CCCCC3)c2)c(F)cn1. The van der Waals surface area contributed by atoms with Crippen molar-refractivity contribution in [2.45, 2.75) is 65.0 Å². The standard InChI is InChI=1S/C32H39FN2O4/c1-21-15-23(16-22(2)32(37)38)7-8-24(21)10-12-30(36)27-11-9-25(28-18-31(39-3)34-19-29(28)33)17-26(27)20-35-13-5-4-6-14-35/h7-9,11,15,17-19,22,30,36H,4-6,10,12-14,16,20H2,1-3H3,(H,37,38). The van der Waals surface area contributed by atoms with Gasteiger partial charge in [0.2, 0.25) is 5.88 Å². The smallest absolute Gasteiger partial charge is 0.306 e. The topological polar surface area (TPSA) is 82.9 Å². The zero-order valence-corrected chi connectivity index (χ0v) is 23.1. The molecule has 0 bridgehead atoms. The van der Waals surface area contributed by atoms with Gasteiger partial charge in [-0.15, -0.1) is 0 Å². The molecule has 6 nitrogen and oxygen atoms in total. The molecule has 2 atom stereocenters. The van der Waals surface area contributed by atoms with Gasteiger partial charge in [0.05, 0.1) is 25.3 Å². The summed E-state index contributed by atoms with van der Waals surface area (Å²) in [7, 11) is 1.51. The van der Waals surface area contributed by atoms with Gasteiger partial charge in [-0.1, -0.05) is 43.7 Å². The fourth-order valence-electron chi connectivity index (χ4n) is 5.40. The van der Waals surface area contributed by atoms with E-state index in [1.807, 2.05) is 37.3 Å². The highest BCUT2D eigenvalue weighted by Gasteiger charge is 2.20. The molecule has 1 saturated heterocycles. The number of aliphatic carboxylic acids is 1. The number of methoxy groups -OCH3 is 1. The number of aromatic nitrogens is 1. The van der Waals surface area contributed by atoms with Crippen LogP contribution in [0.4, 0.5) is 4.39 Å². The predicted octanol–water partition coefficient (Wildman–Crippen LogP) is 6.12. The van der Waals surface area contributed by atoms with Crippen molar-refractivity contribution in [1.29, 1.82) is 0 Å². The van der Waals surface area contributed by atoms with Crippen molar-refractivity contribution in [2.75, 3.05) is 20.2 Å². The van der Waals surface area contributed by atoms with Crippen molar-refractivity contribution in [3.63, 3.8) is 0 Å². The summed E-state index contributed by atoms with van der Waals surface area (Å²) >= 11 is 0. The molecule has 0 saturated carbocycles. The summed E-state index contributed by atoms with van der Waals surface area (Å²) in [6.07, 6.45) is 5.82. The summed E-state index contributed by atoms with van der Waals surface area (Å²) in [5.41, 5.74) is 6.28. The van der Waals surface area contributed by atoms with Gasteiger partial charge in [0.25, 0.3) is 0 Å². The van der Waals surface area contributed by atoms with Crippen LogP contribution in [0, 0.1) is 18.7 Å². The van der Waals surface area contributed by atoms with Gasteiger partial charge in [-0.3, -0.25) is 9.69 Å². The third-order valence-electron chi connectivity index (χ3n) is 7.75. The van der Waals surface area contributed by atoms with Crippen molar-refractivity contribution in [1.82, 2.24) is 9.88 Å². The van der Waals surface area contributed by atoms with Crippen LogP contribution in [0.3, 0.4) is 0 Å². The lowest BCUT2D eigenvalue weighted by Crippen LogP contribution is -2.29. The molecule has 2 N–H and O–H groups in total. The third-order valence-corrected chi connectivity index (χ3v) is 7.75. The van der Waals surface area contributed by atoms with Crippen LogP contribution < -0.4 is 4.74 Å². The van der Waals surface area contributed by atoms with E-state index in [1.165, 1.54) is 19.7 Å². The number of carbonyl (C=O) groups is 1. The van der Waals surface area contributed by atoms with E-state index in [-0.39, 0.29) is 0 Å². The van der Waals surface area contributed by atoms with Crippen LogP contribution >= 0.6 is 0 Å². The highest BCUT2D eigenvalue weighted by Crippen LogP contribution is 2.32. The van der Waals surface area contributed by atoms with E-state index < -0.39 is 23.8 Å². The second-order valence-electron chi connectivity index (χ2n) is 10.7. The number of aliphatic hydroxyl groups excluding tert-OH is 1. The molecule has 3 aromatic rings. The Kier molecular flexibility index (Phi) is 9.70. The number of carboxylic acid groups (broad SMARTS) is 1. The third kappa shape index (κ3) is 7.43. The number of piperidine rings is 1. The molecule has 39 heavy (non-hydrogen) atoms. The number of likely N-dealkylation sites (tertiary alicyclic amines) is 1. The summed E-state index contributed by atoms with van der Waals surface area (Å²) in [4.78, 5) is 17.6. The monoisotopic (exact) mass is 534 g/mol. The average molecular weight is 535 g/mol. The Morgan fingerprint density at radius 2 is 1.87 bits per heavy atom. The van der Waals surface area contributed by atoms with Gasteiger partial charge in [-0.2, -0.15) is 0 Å². The molecule has 2 heterocycles. The quantitative estimate of drug-likeness (QED) is 0.308. The summed E-state index contributed by atoms with van der Waals surface area (Å²) in [5.74, 6) is -1.28. The van der Waals surface area contributed by atoms with Crippen molar-refractivity contribution < 1.29 is 24.1 Å². The number of aryl methyl sites for hydroxylation is 2. The van der Waals surface area contributed by atoms with Crippen molar-refractivity contribution in [2.24, 2.45) is 5.92 Å². The number of carboxylic acids is 1. The summed E-state index contributed by atoms with van der Waals surface area (Å²) in [6.45, 7) is 6.49. The minimum atomic E-state index is -0.794. The van der Waals surface area contributed by atoms with E-state index in [1.54, 1.807) is 13.0 Å². The maximum absolute atomic E-state index is 14.7. The van der Waals surface area contributed by atoms with Crippen LogP contribution in [0.2, 0.25) is 0 Å². The van der Waals surface area contributed by atoms with Crippen LogP contribution in [-0.2, 0) is 24.2 Å². The second-order valence-corrected chi connectivity index (χ2v) is 10.7. The minimum Gasteiger partial charge on any atom is -0.481 e. The molecule has 1 fully saturated rings. The first kappa shape index (κ1) is 28.7. The van der Waals surface area contributed by atoms with Gasteiger partial charge >= 0.3 is 5.97 Å². The number of benzene rings is 2. The number of rotatable bonds is 11. The Hall–Kier alpha value is -3.29. The van der Waals surface area contributed by atoms with E-state index in [9.17, 15) is 19.4 Å². The Bertz CT molecular complexity index is 1290. The average Bonchev–Trinajstić information content (AvgIpc) is 2.93. The number of nitrogens with zero attached hydrogens (tertiary/aromatic N) is 2. The van der Waals surface area contributed by atoms with Gasteiger partial charge in [0, 0.05) is 18.2 Å². The number of ether oxygens (including phenoxy) is 1. The van der Waals surface area contributed by atoms with E-state index in [2.05, 4.69) is 16.0 Å². The molecule has 1 aromatic heterocycles. The highest BCUT2D eigenvalue weighted by atomic mass is 19.1. The van der Waals surface area contributed by atoms with Crippen LogP contribution in [-0.4, -0.2) is 46.3 Å². The van der Waals surface area contributed by atoms with E-state index in [4.69, 9.17) is 4.74 Å². The Morgan fingerprint density at radius 3 is 2.56 bits per heavy atom. The van der Waals surface area contributed by atoms with Gasteiger partial charge < -0.3 is 14.9 Å². The van der Waals surface area contributed by atoms with Crippen molar-refractivity contribution in [3.05, 3.63) is 82.3 Å². The van der Waals surface area contributed by atoms with Crippen molar-refractivity contribution in [3.8, 4) is 17.0 Å². The Labute approximate surface area is 230 Å². The number of aliphatic hydroxyl groups is 1. The highest BCUT2D eigenvalue weighted by molar-refractivity contribution is 5.70. The van der Waals surface area contributed by atoms with E-state index in [0.29, 0.717) is 37.3 Å². The number of hydrogen-bond donors (Lipinski definition) is 2. The lowest BCUT2D eigenvalue weighted by molar-refractivity contribution is -0.141. The molecule has 0 aliphatic carbocycles. The van der Waals surface area contributed by atoms with Gasteiger partial charge in [0.1, 0.15) is 5.82 Å². The predicted molar refractivity (Wildman–Crippen MR) is 150 cm³/mol. The first-order chi connectivity index (χ1) is 18.7. The first-order valence-corrected chi connectivity index (χ1v) is 13.8. The van der Waals surface area contributed by atoms with E-state index >= 15 is 0 Å². The fraction of sp³-hybridized carbons (Fsp3) is 0.438. The lowest BCUT2D eigenvalue weighted by Gasteiger charge is -2.28. The van der Waals surface area contributed by atoms with Crippen LogP contribution in [0.1, 0.15) is 66.5 Å². The van der Waals surface area contributed by atoms with Crippen LogP contribution in [0.5, 0.6) is 5.88 Å². The lowest BCUT2D eigenvalue weighted by atomic mass is 9.91. The van der Waals surface area contributed by atoms with Gasteiger partial charge in [-0.25, -0.2) is 9.37 Å². The summed E-state index contributed by atoms with van der Waals surface area (Å²) < 4.78 is 19.9. The normalized spacial score (nSPS) is 15.6. The minimum absolute atomic E-state index is 0.354. The molecule has 4 rings (SSSR count). The number of pyridine rings is 1. The zero-order chi connectivity index (χ0) is 27.9. The molecule has 1 aliphatic heterocycles. The molecule has 2 aromatic carbocycles. The van der Waals surface area contributed by atoms with Crippen molar-refractivity contribution >= 4 is 5.97 Å². The summed E-state index contributed by atoms with van der Waals surface area (Å²) in [5, 5.41) is 20.5. The Morgan fingerprint density at radius 1 is 1.10 bits per heavy atom. The zero-order valence-electron chi connectivity index (χ0n) is 23.1. The molecular formula is C32H39FN2O4. The molecule has 208 valence electrons. The second kappa shape index (κ2) is 13.2. The molecule has 0 amide bonds. The molecule has 7 heteroatoms. The summed E-state index contributed by atoms with van der Waals surface area (Å²) in [6, 6.07) is 13.5. The maximum atomic E-state index is 14.7. The Balaban J connectivity index is 1.55. The molecule has 0 spiro atoms. The molecule has 0 radical (unpaired) electrons. The molecule has 2 unspecified atom stereocenters. The fourth-order valence-corrected chi connectivity index (χ4v) is 5.40. The largest absolute Gasteiger partial charge is 0.481 e. The van der Waals surface area contributed by atoms with Gasteiger partial charge in [-0.05, 0) is 91.6 Å². The maximum Gasteiger partial charge on any atom is 0.306 e.